The molecule has 0 spiro atoms. The van der Waals surface area contributed by atoms with E-state index in [0.29, 0.717) is 25.0 Å². The number of rotatable bonds is 4. The summed E-state index contributed by atoms with van der Waals surface area (Å²) < 4.78 is 81.5. The normalized spacial score (nSPS) is 17.5. The molecule has 0 saturated heterocycles. The monoisotopic (exact) mass is 557 g/mol. The number of carbonyl (C=O) groups is 1. The third-order valence-corrected chi connectivity index (χ3v) is 6.13. The van der Waals surface area contributed by atoms with E-state index in [-0.39, 0.29) is 29.1 Å². The quantitative estimate of drug-likeness (QED) is 0.321. The zero-order valence-electron chi connectivity index (χ0n) is 20.3. The Labute approximate surface area is 221 Å². The van der Waals surface area contributed by atoms with Gasteiger partial charge in [-0.05, 0) is 55.7 Å². The van der Waals surface area contributed by atoms with Crippen LogP contribution in [0.4, 0.5) is 31.1 Å². The number of urea groups is 1. The van der Waals surface area contributed by atoms with Gasteiger partial charge >= 0.3 is 12.2 Å². The molecule has 4 nitrogen and oxygen atoms in total. The van der Waals surface area contributed by atoms with Crippen LogP contribution < -0.4 is 10.6 Å². The number of carbonyl (C=O) groups excluding carboxylic acids is 1. The van der Waals surface area contributed by atoms with Gasteiger partial charge in [-0.3, -0.25) is 4.98 Å². The van der Waals surface area contributed by atoms with E-state index < -0.39 is 41.6 Å². The molecule has 2 amide bonds. The van der Waals surface area contributed by atoms with Gasteiger partial charge in [-0.15, -0.1) is 0 Å². The fourth-order valence-electron chi connectivity index (χ4n) is 3.97. The molecule has 1 aliphatic rings. The fourth-order valence-corrected chi connectivity index (χ4v) is 4.08. The molecule has 1 heterocycles. The van der Waals surface area contributed by atoms with Gasteiger partial charge in [0.1, 0.15) is 5.82 Å². The minimum atomic E-state index is -4.83. The van der Waals surface area contributed by atoms with Crippen molar-refractivity contribution < 1.29 is 31.1 Å². The molecule has 0 bridgehead atoms. The molecule has 38 heavy (non-hydrogen) atoms. The van der Waals surface area contributed by atoms with Crippen LogP contribution in [0.5, 0.6) is 0 Å². The predicted octanol–water partition coefficient (Wildman–Crippen LogP) is 7.85. The lowest BCUT2D eigenvalue weighted by Crippen LogP contribution is -2.53. The highest BCUT2D eigenvalue weighted by atomic mass is 35.5. The maximum Gasteiger partial charge on any atom is 0.416 e. The van der Waals surface area contributed by atoms with Crippen molar-refractivity contribution in [2.24, 2.45) is 0 Å². The van der Waals surface area contributed by atoms with Gasteiger partial charge in [-0.2, -0.15) is 13.2 Å². The minimum absolute atomic E-state index is 0.0497. The molecular formula is C27H26ClF6N3O. The van der Waals surface area contributed by atoms with Gasteiger partial charge < -0.3 is 10.6 Å². The van der Waals surface area contributed by atoms with E-state index in [1.807, 2.05) is 18.2 Å². The van der Waals surface area contributed by atoms with Crippen LogP contribution >= 0.6 is 11.6 Å². The van der Waals surface area contributed by atoms with Crippen LogP contribution in [-0.2, 0) is 6.18 Å². The Morgan fingerprint density at radius 3 is 2.34 bits per heavy atom. The van der Waals surface area contributed by atoms with E-state index in [4.69, 9.17) is 11.6 Å². The number of nitrogens with zero attached hydrogens (tertiary/aromatic N) is 1. The lowest BCUT2D eigenvalue weighted by Gasteiger charge is -2.32. The van der Waals surface area contributed by atoms with Crippen LogP contribution in [0.15, 0.2) is 66.9 Å². The van der Waals surface area contributed by atoms with Crippen LogP contribution in [0.3, 0.4) is 0 Å². The van der Waals surface area contributed by atoms with Crippen molar-refractivity contribution in [3.05, 3.63) is 100 Å². The van der Waals surface area contributed by atoms with Gasteiger partial charge in [-0.25, -0.2) is 18.0 Å². The van der Waals surface area contributed by atoms with Gasteiger partial charge in [0, 0.05) is 12.6 Å². The van der Waals surface area contributed by atoms with Crippen LogP contribution in [-0.4, -0.2) is 23.0 Å². The summed E-state index contributed by atoms with van der Waals surface area (Å²) in [7, 11) is 0. The Hall–Kier alpha value is -3.27. The van der Waals surface area contributed by atoms with E-state index >= 15 is 0 Å². The first-order valence-corrected chi connectivity index (χ1v) is 12.2. The van der Waals surface area contributed by atoms with Crippen molar-refractivity contribution in [3.8, 4) is 0 Å². The Kier molecular flexibility index (Phi) is 9.65. The molecule has 2 aromatic carbocycles. The lowest BCUT2D eigenvalue weighted by atomic mass is 9.91. The first-order valence-electron chi connectivity index (χ1n) is 11.8. The van der Waals surface area contributed by atoms with E-state index in [1.54, 1.807) is 0 Å². The van der Waals surface area contributed by atoms with Crippen LogP contribution in [0.2, 0.25) is 5.02 Å². The summed E-state index contributed by atoms with van der Waals surface area (Å²) in [5.41, 5.74) is -0.147. The SMILES string of the molecule is Cc1ccccc1.O=C(NC1CCCCC1(F)F)N[C@@H](c1cc(F)cc(C(F)(F)F)c1)c1ccc(Cl)cn1. The fraction of sp³-hybridized carbons (Fsp3) is 0.333. The van der Waals surface area contributed by atoms with Crippen molar-refractivity contribution in [2.45, 2.75) is 56.8 Å². The van der Waals surface area contributed by atoms with Gasteiger partial charge in [0.15, 0.2) is 0 Å². The summed E-state index contributed by atoms with van der Waals surface area (Å²) >= 11 is 5.78. The smallest absolute Gasteiger partial charge is 0.329 e. The Morgan fingerprint density at radius 2 is 1.79 bits per heavy atom. The molecule has 4 rings (SSSR count). The van der Waals surface area contributed by atoms with Gasteiger partial charge in [0.05, 0.1) is 28.4 Å². The maximum atomic E-state index is 14.0. The summed E-state index contributed by atoms with van der Waals surface area (Å²) in [5, 5.41) is 4.74. The Balaban J connectivity index is 0.000000494. The van der Waals surface area contributed by atoms with Crippen molar-refractivity contribution in [2.75, 3.05) is 0 Å². The highest BCUT2D eigenvalue weighted by Gasteiger charge is 2.42. The highest BCUT2D eigenvalue weighted by molar-refractivity contribution is 6.30. The Morgan fingerprint density at radius 1 is 1.08 bits per heavy atom. The average molecular weight is 558 g/mol. The van der Waals surface area contributed by atoms with Crippen molar-refractivity contribution in [1.29, 1.82) is 0 Å². The summed E-state index contributed by atoms with van der Waals surface area (Å²) in [6, 6.07) is 11.0. The first kappa shape index (κ1) is 29.3. The highest BCUT2D eigenvalue weighted by Crippen LogP contribution is 2.35. The number of aryl methyl sites for hydroxylation is 1. The number of hydrogen-bond acceptors (Lipinski definition) is 2. The molecule has 3 aromatic rings. The standard InChI is InChI=1S/C20H18ClF6N3O.C7H8/c21-13-4-5-15(28-10-13)17(11-7-12(20(25,26)27)9-14(22)8-11)30-18(31)29-16-3-1-2-6-19(16,23)24;1-7-5-3-2-4-6-7/h4-5,7-10,16-17H,1-3,6H2,(H2,29,30,31);2-6H,1H3/t16?,17-;/m0./s1. The second-order valence-corrected chi connectivity index (χ2v) is 9.37. The predicted molar refractivity (Wildman–Crippen MR) is 133 cm³/mol. The van der Waals surface area contributed by atoms with E-state index in [2.05, 4.69) is 34.7 Å². The number of pyridine rings is 1. The van der Waals surface area contributed by atoms with Gasteiger partial charge in [0.2, 0.25) is 0 Å². The zero-order valence-corrected chi connectivity index (χ0v) is 21.1. The van der Waals surface area contributed by atoms with Crippen molar-refractivity contribution in [3.63, 3.8) is 0 Å². The molecule has 1 saturated carbocycles. The molecule has 1 fully saturated rings. The summed E-state index contributed by atoms with van der Waals surface area (Å²) in [4.78, 5) is 16.4. The summed E-state index contributed by atoms with van der Waals surface area (Å²) in [6.45, 7) is 2.08. The van der Waals surface area contributed by atoms with Crippen LogP contribution in [0.1, 0.15) is 54.1 Å². The molecule has 0 aliphatic heterocycles. The molecule has 1 aliphatic carbocycles. The first-order chi connectivity index (χ1) is 17.8. The molecule has 1 unspecified atom stereocenters. The molecule has 0 radical (unpaired) electrons. The second-order valence-electron chi connectivity index (χ2n) is 8.94. The van der Waals surface area contributed by atoms with Crippen LogP contribution in [0, 0.1) is 12.7 Å². The lowest BCUT2D eigenvalue weighted by molar-refractivity contribution is -0.137. The third-order valence-electron chi connectivity index (χ3n) is 5.91. The molecular weight excluding hydrogens is 532 g/mol. The van der Waals surface area contributed by atoms with E-state index in [1.165, 1.54) is 23.9 Å². The summed E-state index contributed by atoms with van der Waals surface area (Å²) in [6.07, 6.45) is -3.12. The number of benzene rings is 2. The van der Waals surface area contributed by atoms with Crippen molar-refractivity contribution in [1.82, 2.24) is 15.6 Å². The number of halogens is 7. The number of alkyl halides is 5. The molecule has 2 atom stereocenters. The minimum Gasteiger partial charge on any atom is -0.329 e. The molecule has 2 N–H and O–H groups in total. The van der Waals surface area contributed by atoms with E-state index in [0.717, 1.165) is 6.07 Å². The maximum absolute atomic E-state index is 14.0. The van der Waals surface area contributed by atoms with Crippen LogP contribution in [0.25, 0.3) is 0 Å². The largest absolute Gasteiger partial charge is 0.416 e. The summed E-state index contributed by atoms with van der Waals surface area (Å²) in [5.74, 6) is -4.28. The second kappa shape index (κ2) is 12.5. The topological polar surface area (TPSA) is 54.0 Å². The number of nitrogens with one attached hydrogen (secondary N) is 2. The van der Waals surface area contributed by atoms with E-state index in [9.17, 15) is 31.1 Å². The van der Waals surface area contributed by atoms with Crippen molar-refractivity contribution >= 4 is 17.6 Å². The van der Waals surface area contributed by atoms with Gasteiger partial charge in [-0.1, -0.05) is 53.9 Å². The molecule has 1 aromatic heterocycles. The average Bonchev–Trinajstić information content (AvgIpc) is 2.84. The Bertz CT molecular complexity index is 1210. The number of hydrogen-bond donors (Lipinski definition) is 2. The third kappa shape index (κ3) is 8.37. The zero-order chi connectivity index (χ0) is 27.9. The van der Waals surface area contributed by atoms with Gasteiger partial charge in [0.25, 0.3) is 5.92 Å². The number of amides is 2. The molecule has 204 valence electrons. The number of aromatic nitrogens is 1. The molecule has 11 heteroatoms.